The molecule has 0 saturated carbocycles. The number of carbonyl (C=O) groups is 1. The quantitative estimate of drug-likeness (QED) is 0.343. The molecule has 0 N–H and O–H groups in total. The number of nitrogens with zero attached hydrogens (tertiary/aromatic N) is 1. The Kier molecular flexibility index (Phi) is 6.80. The van der Waals surface area contributed by atoms with Gasteiger partial charge in [0.25, 0.3) is 15.9 Å². The van der Waals surface area contributed by atoms with E-state index in [0.29, 0.717) is 17.0 Å². The minimum absolute atomic E-state index is 0.0384. The zero-order valence-electron chi connectivity index (χ0n) is 19.0. The van der Waals surface area contributed by atoms with E-state index < -0.39 is 22.5 Å². The first-order chi connectivity index (χ1) is 16.4. The van der Waals surface area contributed by atoms with Gasteiger partial charge in [-0.25, -0.2) is 8.42 Å². The SMILES string of the molecule is Cc1cccc(N(C(=O)COc2ccc(-c3ccccc3)cc2)S(=O)(=O)c2ccccc2)c1C. The van der Waals surface area contributed by atoms with Crippen molar-refractivity contribution in [2.24, 2.45) is 0 Å². The topological polar surface area (TPSA) is 63.7 Å². The fourth-order valence-corrected chi connectivity index (χ4v) is 5.12. The lowest BCUT2D eigenvalue weighted by Crippen LogP contribution is -2.40. The highest BCUT2D eigenvalue weighted by Gasteiger charge is 2.32. The Morgan fingerprint density at radius 1 is 0.735 bits per heavy atom. The standard InChI is InChI=1S/C28H25NO4S/c1-21-10-9-15-27(22(21)2)29(34(31,32)26-13-7-4-8-14-26)28(30)20-33-25-18-16-24(17-19-25)23-11-5-3-6-12-23/h3-19H,20H2,1-2H3. The molecule has 0 fully saturated rings. The summed E-state index contributed by atoms with van der Waals surface area (Å²) in [5.41, 5.74) is 4.00. The third kappa shape index (κ3) is 4.87. The number of benzene rings is 4. The first-order valence-electron chi connectivity index (χ1n) is 10.9. The van der Waals surface area contributed by atoms with Gasteiger partial charge >= 0.3 is 0 Å². The number of amides is 1. The maximum absolute atomic E-state index is 13.5. The van der Waals surface area contributed by atoms with Crippen molar-refractivity contribution in [3.63, 3.8) is 0 Å². The molecular weight excluding hydrogens is 446 g/mol. The second-order valence-electron chi connectivity index (χ2n) is 7.87. The Balaban J connectivity index is 1.61. The molecule has 0 spiro atoms. The van der Waals surface area contributed by atoms with E-state index in [4.69, 9.17) is 4.74 Å². The van der Waals surface area contributed by atoms with Crippen LogP contribution in [0.3, 0.4) is 0 Å². The third-order valence-corrected chi connectivity index (χ3v) is 7.38. The summed E-state index contributed by atoms with van der Waals surface area (Å²) < 4.78 is 33.6. The summed E-state index contributed by atoms with van der Waals surface area (Å²) in [6.45, 7) is 3.25. The minimum Gasteiger partial charge on any atom is -0.484 e. The predicted molar refractivity (Wildman–Crippen MR) is 134 cm³/mol. The molecule has 5 nitrogen and oxygen atoms in total. The van der Waals surface area contributed by atoms with E-state index in [2.05, 4.69) is 0 Å². The average Bonchev–Trinajstić information content (AvgIpc) is 2.87. The molecule has 0 aliphatic rings. The summed E-state index contributed by atoms with van der Waals surface area (Å²) in [6.07, 6.45) is 0. The van der Waals surface area contributed by atoms with Gasteiger partial charge in [0.2, 0.25) is 0 Å². The summed E-state index contributed by atoms with van der Waals surface area (Å²) in [4.78, 5) is 13.3. The number of ether oxygens (including phenoxy) is 1. The van der Waals surface area contributed by atoms with Crippen LogP contribution < -0.4 is 9.04 Å². The molecule has 0 aliphatic heterocycles. The van der Waals surface area contributed by atoms with Gasteiger partial charge in [-0.05, 0) is 66.4 Å². The van der Waals surface area contributed by atoms with Gasteiger partial charge in [-0.3, -0.25) is 4.79 Å². The van der Waals surface area contributed by atoms with E-state index in [1.165, 1.54) is 12.1 Å². The van der Waals surface area contributed by atoms with E-state index in [9.17, 15) is 13.2 Å². The first kappa shape index (κ1) is 23.3. The third-order valence-electron chi connectivity index (χ3n) is 5.63. The van der Waals surface area contributed by atoms with E-state index >= 15 is 0 Å². The van der Waals surface area contributed by atoms with Gasteiger partial charge in [-0.2, -0.15) is 4.31 Å². The maximum Gasteiger partial charge on any atom is 0.278 e. The number of hydrogen-bond acceptors (Lipinski definition) is 4. The summed E-state index contributed by atoms with van der Waals surface area (Å²) >= 11 is 0. The summed E-state index contributed by atoms with van der Waals surface area (Å²) in [7, 11) is -4.14. The molecule has 0 unspecified atom stereocenters. The van der Waals surface area contributed by atoms with Crippen LogP contribution >= 0.6 is 0 Å². The van der Waals surface area contributed by atoms with Crippen molar-refractivity contribution in [1.82, 2.24) is 0 Å². The van der Waals surface area contributed by atoms with Gasteiger partial charge in [0.15, 0.2) is 6.61 Å². The molecule has 4 rings (SSSR count). The lowest BCUT2D eigenvalue weighted by atomic mass is 10.1. The normalized spacial score (nSPS) is 11.1. The first-order valence-corrected chi connectivity index (χ1v) is 12.3. The smallest absolute Gasteiger partial charge is 0.278 e. The minimum atomic E-state index is -4.14. The number of carbonyl (C=O) groups excluding carboxylic acids is 1. The fourth-order valence-electron chi connectivity index (χ4n) is 3.63. The van der Waals surface area contributed by atoms with Gasteiger partial charge in [0.05, 0.1) is 10.6 Å². The Hall–Kier alpha value is -3.90. The second-order valence-corrected chi connectivity index (χ2v) is 9.66. The van der Waals surface area contributed by atoms with Gasteiger partial charge in [-0.15, -0.1) is 0 Å². The molecule has 0 atom stereocenters. The molecule has 34 heavy (non-hydrogen) atoms. The summed E-state index contributed by atoms with van der Waals surface area (Å²) in [6, 6.07) is 30.4. The Bertz CT molecular complexity index is 1380. The number of anilines is 1. The molecule has 0 heterocycles. The van der Waals surface area contributed by atoms with E-state index in [-0.39, 0.29) is 4.90 Å². The van der Waals surface area contributed by atoms with Crippen LogP contribution in [0.15, 0.2) is 108 Å². The van der Waals surface area contributed by atoms with Crippen LogP contribution in [-0.2, 0) is 14.8 Å². The van der Waals surface area contributed by atoms with E-state index in [0.717, 1.165) is 21.0 Å². The highest BCUT2D eigenvalue weighted by molar-refractivity contribution is 7.93. The van der Waals surface area contributed by atoms with E-state index in [1.807, 2.05) is 55.5 Å². The van der Waals surface area contributed by atoms with Gasteiger partial charge in [0, 0.05) is 0 Å². The lowest BCUT2D eigenvalue weighted by molar-refractivity contribution is -0.119. The average molecular weight is 472 g/mol. The van der Waals surface area contributed by atoms with Crippen molar-refractivity contribution in [2.75, 3.05) is 10.9 Å². The zero-order valence-corrected chi connectivity index (χ0v) is 19.8. The molecule has 0 radical (unpaired) electrons. The van der Waals surface area contributed by atoms with Crippen LogP contribution in [0.5, 0.6) is 5.75 Å². The van der Waals surface area contributed by atoms with Crippen molar-refractivity contribution in [1.29, 1.82) is 0 Å². The lowest BCUT2D eigenvalue weighted by Gasteiger charge is -2.25. The number of aryl methyl sites for hydroxylation is 1. The Morgan fingerprint density at radius 2 is 1.32 bits per heavy atom. The van der Waals surface area contributed by atoms with Crippen LogP contribution in [0.1, 0.15) is 11.1 Å². The molecule has 0 aliphatic carbocycles. The van der Waals surface area contributed by atoms with Crippen LogP contribution in [0.25, 0.3) is 11.1 Å². The molecular formula is C28H25NO4S. The highest BCUT2D eigenvalue weighted by Crippen LogP contribution is 2.29. The molecule has 4 aromatic rings. The molecule has 0 saturated heterocycles. The fraction of sp³-hybridized carbons (Fsp3) is 0.107. The van der Waals surface area contributed by atoms with Crippen LogP contribution in [-0.4, -0.2) is 20.9 Å². The molecule has 4 aromatic carbocycles. The van der Waals surface area contributed by atoms with Gasteiger partial charge in [-0.1, -0.05) is 72.8 Å². The van der Waals surface area contributed by atoms with E-state index in [1.54, 1.807) is 49.4 Å². The van der Waals surface area contributed by atoms with Crippen LogP contribution in [0.4, 0.5) is 5.69 Å². The molecule has 6 heteroatoms. The maximum atomic E-state index is 13.5. The van der Waals surface area contributed by atoms with Crippen molar-refractivity contribution in [2.45, 2.75) is 18.7 Å². The number of sulfonamides is 1. The van der Waals surface area contributed by atoms with Crippen LogP contribution in [0.2, 0.25) is 0 Å². The van der Waals surface area contributed by atoms with Gasteiger partial charge in [0.1, 0.15) is 5.75 Å². The Labute approximate surface area is 200 Å². The largest absolute Gasteiger partial charge is 0.484 e. The Morgan fingerprint density at radius 3 is 1.97 bits per heavy atom. The van der Waals surface area contributed by atoms with Crippen molar-refractivity contribution < 1.29 is 17.9 Å². The number of rotatable bonds is 7. The van der Waals surface area contributed by atoms with Gasteiger partial charge < -0.3 is 4.74 Å². The summed E-state index contributed by atoms with van der Waals surface area (Å²) in [5, 5.41) is 0. The number of hydrogen-bond donors (Lipinski definition) is 0. The van der Waals surface area contributed by atoms with Crippen LogP contribution in [0, 0.1) is 13.8 Å². The monoisotopic (exact) mass is 471 g/mol. The predicted octanol–water partition coefficient (Wildman–Crippen LogP) is 5.77. The van der Waals surface area contributed by atoms with Crippen molar-refractivity contribution >= 4 is 21.6 Å². The summed E-state index contributed by atoms with van der Waals surface area (Å²) in [5.74, 6) is -0.198. The molecule has 1 amide bonds. The molecule has 172 valence electrons. The van der Waals surface area contributed by atoms with Crippen molar-refractivity contribution in [3.05, 3.63) is 114 Å². The van der Waals surface area contributed by atoms with Crippen molar-refractivity contribution in [3.8, 4) is 16.9 Å². The second kappa shape index (κ2) is 9.93. The molecule has 0 aromatic heterocycles. The zero-order chi connectivity index (χ0) is 24.1. The molecule has 0 bridgehead atoms. The highest BCUT2D eigenvalue weighted by atomic mass is 32.2.